The quantitative estimate of drug-likeness (QED) is 0.815. The minimum absolute atomic E-state index is 0.0431. The predicted octanol–water partition coefficient (Wildman–Crippen LogP) is 3.12. The van der Waals surface area contributed by atoms with Crippen LogP contribution in [0.3, 0.4) is 0 Å². The van der Waals surface area contributed by atoms with Gasteiger partial charge in [0.05, 0.1) is 13.1 Å². The summed E-state index contributed by atoms with van der Waals surface area (Å²) >= 11 is 1.60. The second-order valence-electron chi connectivity index (χ2n) is 5.24. The van der Waals surface area contributed by atoms with E-state index in [0.29, 0.717) is 12.1 Å². The van der Waals surface area contributed by atoms with Gasteiger partial charge in [-0.1, -0.05) is 12.1 Å². The zero-order valence-electron chi connectivity index (χ0n) is 12.6. The van der Waals surface area contributed by atoms with E-state index in [-0.39, 0.29) is 19.0 Å². The Kier molecular flexibility index (Phi) is 5.63. The lowest BCUT2D eigenvalue weighted by Gasteiger charge is -2.21. The molecule has 0 saturated heterocycles. The number of carbonyl (C=O) groups is 1. The fraction of sp³-hybridized carbons (Fsp3) is 0.312. The fourth-order valence-corrected chi connectivity index (χ4v) is 2.83. The Balaban J connectivity index is 1.87. The number of amides is 1. The van der Waals surface area contributed by atoms with Crippen molar-refractivity contribution in [2.45, 2.75) is 13.1 Å². The Morgan fingerprint density at radius 1 is 1.18 bits per heavy atom. The molecule has 1 heterocycles. The number of nitrogens with zero attached hydrogens (tertiary/aromatic N) is 2. The Labute approximate surface area is 132 Å². The van der Waals surface area contributed by atoms with Gasteiger partial charge in [0.2, 0.25) is 5.91 Å². The Morgan fingerprint density at radius 3 is 2.59 bits per heavy atom. The van der Waals surface area contributed by atoms with E-state index < -0.39 is 11.6 Å². The molecule has 22 heavy (non-hydrogen) atoms. The van der Waals surface area contributed by atoms with Crippen LogP contribution in [-0.4, -0.2) is 36.3 Å². The first kappa shape index (κ1) is 16.6. The predicted molar refractivity (Wildman–Crippen MR) is 83.5 cm³/mol. The molecule has 1 aromatic carbocycles. The van der Waals surface area contributed by atoms with E-state index in [1.807, 2.05) is 17.5 Å². The highest BCUT2D eigenvalue weighted by Crippen LogP contribution is 2.13. The van der Waals surface area contributed by atoms with Gasteiger partial charge in [0.15, 0.2) is 0 Å². The molecule has 6 heteroatoms. The summed E-state index contributed by atoms with van der Waals surface area (Å²) in [5.74, 6) is -1.24. The van der Waals surface area contributed by atoms with Crippen LogP contribution in [0, 0.1) is 11.6 Å². The largest absolute Gasteiger partial charge is 0.340 e. The van der Waals surface area contributed by atoms with Crippen LogP contribution < -0.4 is 0 Å². The van der Waals surface area contributed by atoms with Gasteiger partial charge in [0.1, 0.15) is 11.6 Å². The van der Waals surface area contributed by atoms with Gasteiger partial charge in [-0.25, -0.2) is 8.78 Å². The molecule has 0 N–H and O–H groups in total. The first-order valence-electron chi connectivity index (χ1n) is 6.84. The topological polar surface area (TPSA) is 23.6 Å². The lowest BCUT2D eigenvalue weighted by molar-refractivity contribution is -0.131. The highest BCUT2D eigenvalue weighted by atomic mass is 32.1. The van der Waals surface area contributed by atoms with Crippen molar-refractivity contribution in [3.05, 3.63) is 57.8 Å². The molecular formula is C16H18F2N2OS. The van der Waals surface area contributed by atoms with Gasteiger partial charge in [-0.3, -0.25) is 9.69 Å². The number of carbonyl (C=O) groups excluding carboxylic acids is 1. The van der Waals surface area contributed by atoms with Gasteiger partial charge in [-0.05, 0) is 24.6 Å². The molecule has 0 saturated carbocycles. The molecular weight excluding hydrogens is 306 g/mol. The zero-order valence-corrected chi connectivity index (χ0v) is 13.4. The van der Waals surface area contributed by atoms with Crippen molar-refractivity contribution >= 4 is 17.2 Å². The lowest BCUT2D eigenvalue weighted by atomic mass is 10.2. The monoisotopic (exact) mass is 324 g/mol. The third-order valence-corrected chi connectivity index (χ3v) is 4.12. The first-order chi connectivity index (χ1) is 10.5. The van der Waals surface area contributed by atoms with E-state index >= 15 is 0 Å². The van der Waals surface area contributed by atoms with Crippen molar-refractivity contribution in [3.8, 4) is 0 Å². The minimum atomic E-state index is -0.601. The number of halogens is 2. The average Bonchev–Trinajstić information content (AvgIpc) is 2.94. The highest BCUT2D eigenvalue weighted by Gasteiger charge is 2.14. The molecule has 2 aromatic rings. The van der Waals surface area contributed by atoms with E-state index in [2.05, 4.69) is 0 Å². The van der Waals surface area contributed by atoms with Crippen LogP contribution in [0.5, 0.6) is 0 Å². The van der Waals surface area contributed by atoms with Gasteiger partial charge >= 0.3 is 0 Å². The summed E-state index contributed by atoms with van der Waals surface area (Å²) in [6.45, 7) is 0.999. The molecule has 0 aliphatic rings. The van der Waals surface area contributed by atoms with E-state index in [9.17, 15) is 13.6 Å². The van der Waals surface area contributed by atoms with Crippen molar-refractivity contribution in [2.24, 2.45) is 0 Å². The Bertz CT molecular complexity index is 631. The zero-order chi connectivity index (χ0) is 16.1. The van der Waals surface area contributed by atoms with E-state index in [1.165, 1.54) is 12.1 Å². The average molecular weight is 324 g/mol. The molecule has 0 fully saturated rings. The third kappa shape index (κ3) is 4.61. The molecule has 0 radical (unpaired) electrons. The molecule has 3 nitrogen and oxygen atoms in total. The van der Waals surface area contributed by atoms with Crippen LogP contribution in [0.2, 0.25) is 0 Å². The summed E-state index contributed by atoms with van der Waals surface area (Å²) in [6, 6.07) is 7.40. The summed E-state index contributed by atoms with van der Waals surface area (Å²) in [6.07, 6.45) is 0. The van der Waals surface area contributed by atoms with Gasteiger partial charge in [-0.2, -0.15) is 0 Å². The smallest absolute Gasteiger partial charge is 0.236 e. The second kappa shape index (κ2) is 7.47. The van der Waals surface area contributed by atoms with Gasteiger partial charge in [0, 0.05) is 30.1 Å². The molecule has 0 spiro atoms. The molecule has 2 rings (SSSR count). The summed E-state index contributed by atoms with van der Waals surface area (Å²) in [4.78, 5) is 16.6. The molecule has 118 valence electrons. The summed E-state index contributed by atoms with van der Waals surface area (Å²) < 4.78 is 26.5. The standard InChI is InChI=1S/C16H18F2N2OS/c1-19(9-12-5-6-13(17)8-15(12)18)11-16(21)20(2)10-14-4-3-7-22-14/h3-8H,9-11H2,1-2H3. The van der Waals surface area contributed by atoms with Crippen LogP contribution in [-0.2, 0) is 17.9 Å². The van der Waals surface area contributed by atoms with Crippen LogP contribution in [0.25, 0.3) is 0 Å². The number of likely N-dealkylation sites (N-methyl/N-ethyl adjacent to an activating group) is 2. The molecule has 0 bridgehead atoms. The maximum absolute atomic E-state index is 13.6. The van der Waals surface area contributed by atoms with Gasteiger partial charge in [-0.15, -0.1) is 11.3 Å². The summed E-state index contributed by atoms with van der Waals surface area (Å²) in [5.41, 5.74) is 0.373. The van der Waals surface area contributed by atoms with E-state index in [4.69, 9.17) is 0 Å². The molecule has 1 amide bonds. The normalized spacial score (nSPS) is 11.0. The van der Waals surface area contributed by atoms with Crippen molar-refractivity contribution < 1.29 is 13.6 Å². The van der Waals surface area contributed by atoms with Crippen LogP contribution in [0.15, 0.2) is 35.7 Å². The minimum Gasteiger partial charge on any atom is -0.340 e. The maximum Gasteiger partial charge on any atom is 0.236 e. The number of benzene rings is 1. The van der Waals surface area contributed by atoms with Gasteiger partial charge < -0.3 is 4.90 Å². The third-order valence-electron chi connectivity index (χ3n) is 3.26. The second-order valence-corrected chi connectivity index (χ2v) is 6.27. The van der Waals surface area contributed by atoms with Crippen LogP contribution >= 0.6 is 11.3 Å². The van der Waals surface area contributed by atoms with E-state index in [1.54, 1.807) is 35.2 Å². The molecule has 0 unspecified atom stereocenters. The maximum atomic E-state index is 13.6. The summed E-state index contributed by atoms with van der Waals surface area (Å²) in [5, 5.41) is 1.97. The van der Waals surface area contributed by atoms with Crippen LogP contribution in [0.4, 0.5) is 8.78 Å². The van der Waals surface area contributed by atoms with Crippen molar-refractivity contribution in [1.82, 2.24) is 9.80 Å². The number of hydrogen-bond acceptors (Lipinski definition) is 3. The van der Waals surface area contributed by atoms with Gasteiger partial charge in [0.25, 0.3) is 0 Å². The summed E-state index contributed by atoms with van der Waals surface area (Å²) in [7, 11) is 3.48. The highest BCUT2D eigenvalue weighted by molar-refractivity contribution is 7.09. The SMILES string of the molecule is CN(CC(=O)N(C)Cc1cccs1)Cc1ccc(F)cc1F. The van der Waals surface area contributed by atoms with Crippen molar-refractivity contribution in [3.63, 3.8) is 0 Å². The number of hydrogen-bond donors (Lipinski definition) is 0. The molecule has 0 atom stereocenters. The number of rotatable bonds is 6. The van der Waals surface area contributed by atoms with E-state index in [0.717, 1.165) is 10.9 Å². The molecule has 0 aliphatic carbocycles. The van der Waals surface area contributed by atoms with Crippen molar-refractivity contribution in [1.29, 1.82) is 0 Å². The van der Waals surface area contributed by atoms with Crippen LogP contribution in [0.1, 0.15) is 10.4 Å². The Hall–Kier alpha value is -1.79. The lowest BCUT2D eigenvalue weighted by Crippen LogP contribution is -2.36. The first-order valence-corrected chi connectivity index (χ1v) is 7.72. The van der Waals surface area contributed by atoms with Crippen molar-refractivity contribution in [2.75, 3.05) is 20.6 Å². The fourth-order valence-electron chi connectivity index (χ4n) is 2.07. The number of thiophene rings is 1. The Morgan fingerprint density at radius 2 is 1.95 bits per heavy atom. The molecule has 1 aromatic heterocycles. The molecule has 0 aliphatic heterocycles.